The van der Waals surface area contributed by atoms with Crippen molar-refractivity contribution in [3.63, 3.8) is 0 Å². The van der Waals surface area contributed by atoms with E-state index in [1.165, 1.54) is 25.3 Å². The number of rotatable bonds is 4. The summed E-state index contributed by atoms with van der Waals surface area (Å²) in [5, 5.41) is 11.5. The van der Waals surface area contributed by atoms with E-state index in [0.29, 0.717) is 11.3 Å². The van der Waals surface area contributed by atoms with E-state index in [0.717, 1.165) is 11.0 Å². The Bertz CT molecular complexity index is 1280. The maximum absolute atomic E-state index is 13.9. The summed E-state index contributed by atoms with van der Waals surface area (Å²) in [5.41, 5.74) is 0.804. The van der Waals surface area contributed by atoms with Crippen LogP contribution in [0.25, 0.3) is 5.76 Å². The van der Waals surface area contributed by atoms with E-state index in [1.807, 2.05) is 0 Å². The SMILES string of the molecule is COc1c(Cl)cc(C)cc1/C(O)=C1\C(=O)C(=O)N(c2cccc(F)c2)C1c1ccc(C)o1. The number of furan rings is 1. The lowest BCUT2D eigenvalue weighted by atomic mass is 9.97. The first-order chi connectivity index (χ1) is 15.2. The molecule has 2 aromatic carbocycles. The van der Waals surface area contributed by atoms with Gasteiger partial charge in [0.1, 0.15) is 34.9 Å². The number of halogens is 2. The van der Waals surface area contributed by atoms with Gasteiger partial charge < -0.3 is 14.3 Å². The van der Waals surface area contributed by atoms with Crippen molar-refractivity contribution in [3.8, 4) is 5.75 Å². The summed E-state index contributed by atoms with van der Waals surface area (Å²) in [4.78, 5) is 27.3. The number of anilines is 1. The molecule has 164 valence electrons. The summed E-state index contributed by atoms with van der Waals surface area (Å²) in [6, 6.07) is 10.7. The van der Waals surface area contributed by atoms with E-state index < -0.39 is 29.3 Å². The van der Waals surface area contributed by atoms with Crippen molar-refractivity contribution in [2.45, 2.75) is 19.9 Å². The van der Waals surface area contributed by atoms with Gasteiger partial charge in [-0.1, -0.05) is 17.7 Å². The third-order valence-corrected chi connectivity index (χ3v) is 5.49. The first kappa shape index (κ1) is 21.6. The topological polar surface area (TPSA) is 80.0 Å². The van der Waals surface area contributed by atoms with Gasteiger partial charge in [-0.2, -0.15) is 0 Å². The minimum atomic E-state index is -1.12. The van der Waals surface area contributed by atoms with Crippen LogP contribution < -0.4 is 9.64 Å². The van der Waals surface area contributed by atoms with E-state index in [1.54, 1.807) is 38.1 Å². The first-order valence-electron chi connectivity index (χ1n) is 9.70. The molecule has 1 N–H and O–H groups in total. The fourth-order valence-corrected chi connectivity index (χ4v) is 4.20. The number of aliphatic hydroxyl groups excluding tert-OH is 1. The molecule has 1 aromatic heterocycles. The third-order valence-electron chi connectivity index (χ3n) is 5.21. The molecule has 1 atom stereocenters. The van der Waals surface area contributed by atoms with Gasteiger partial charge in [-0.3, -0.25) is 14.5 Å². The Morgan fingerprint density at radius 3 is 2.53 bits per heavy atom. The number of aryl methyl sites for hydroxylation is 2. The standard InChI is InChI=1S/C24H19ClFNO5/c1-12-9-16(23(31-3)17(25)10-12)21(28)19-20(18-8-7-13(2)32-18)27(24(30)22(19)29)15-6-4-5-14(26)11-15/h4-11,20,28H,1-3H3/b21-19+. The van der Waals surface area contributed by atoms with Gasteiger partial charge in [0.05, 0.1) is 23.3 Å². The number of hydrogen-bond donors (Lipinski definition) is 1. The van der Waals surface area contributed by atoms with Crippen LogP contribution in [0.1, 0.15) is 28.7 Å². The molecule has 1 aliphatic rings. The number of ether oxygens (including phenoxy) is 1. The van der Waals surface area contributed by atoms with Crippen LogP contribution in [0, 0.1) is 19.7 Å². The highest BCUT2D eigenvalue weighted by atomic mass is 35.5. The zero-order valence-electron chi connectivity index (χ0n) is 17.5. The number of hydrogen-bond acceptors (Lipinski definition) is 5. The number of ketones is 1. The smallest absolute Gasteiger partial charge is 0.300 e. The van der Waals surface area contributed by atoms with Crippen LogP contribution in [0.2, 0.25) is 5.02 Å². The molecule has 4 rings (SSSR count). The normalized spacial score (nSPS) is 17.8. The number of Topliss-reactive ketones (excluding diaryl/α,β-unsaturated/α-hetero) is 1. The molecule has 1 aliphatic heterocycles. The van der Waals surface area contributed by atoms with Crippen molar-refractivity contribution in [1.82, 2.24) is 0 Å². The zero-order valence-corrected chi connectivity index (χ0v) is 18.2. The molecule has 0 spiro atoms. The minimum Gasteiger partial charge on any atom is -0.507 e. The van der Waals surface area contributed by atoms with Gasteiger partial charge in [-0.15, -0.1) is 0 Å². The summed E-state index contributed by atoms with van der Waals surface area (Å²) in [6.45, 7) is 3.47. The van der Waals surface area contributed by atoms with Gasteiger partial charge in [0, 0.05) is 5.69 Å². The zero-order chi connectivity index (χ0) is 23.2. The fourth-order valence-electron chi connectivity index (χ4n) is 3.85. The lowest BCUT2D eigenvalue weighted by Crippen LogP contribution is -2.29. The molecule has 8 heteroatoms. The fraction of sp³-hybridized carbons (Fsp3) is 0.167. The van der Waals surface area contributed by atoms with E-state index in [-0.39, 0.29) is 33.4 Å². The van der Waals surface area contributed by atoms with Crippen LogP contribution in [-0.2, 0) is 9.59 Å². The van der Waals surface area contributed by atoms with E-state index in [9.17, 15) is 19.1 Å². The Labute approximate surface area is 188 Å². The van der Waals surface area contributed by atoms with Gasteiger partial charge in [-0.05, 0) is 61.9 Å². The predicted octanol–water partition coefficient (Wildman–Crippen LogP) is 5.32. The maximum Gasteiger partial charge on any atom is 0.300 e. The summed E-state index contributed by atoms with van der Waals surface area (Å²) < 4.78 is 25.0. The van der Waals surface area contributed by atoms with E-state index in [2.05, 4.69) is 0 Å². The number of aliphatic hydroxyl groups is 1. The van der Waals surface area contributed by atoms with Crippen molar-refractivity contribution >= 4 is 34.7 Å². The highest BCUT2D eigenvalue weighted by Gasteiger charge is 2.48. The van der Waals surface area contributed by atoms with Crippen molar-refractivity contribution in [3.05, 3.63) is 87.6 Å². The molecule has 6 nitrogen and oxygen atoms in total. The van der Waals surface area contributed by atoms with Crippen molar-refractivity contribution < 1.29 is 28.2 Å². The highest BCUT2D eigenvalue weighted by molar-refractivity contribution is 6.51. The molecule has 1 amide bonds. The number of carbonyl (C=O) groups excluding carboxylic acids is 2. The van der Waals surface area contributed by atoms with Crippen LogP contribution in [0.3, 0.4) is 0 Å². The number of amides is 1. The van der Waals surface area contributed by atoms with Gasteiger partial charge >= 0.3 is 0 Å². The average Bonchev–Trinajstić information content (AvgIpc) is 3.28. The van der Waals surface area contributed by atoms with Crippen LogP contribution in [0.5, 0.6) is 5.75 Å². The molecule has 0 aliphatic carbocycles. The largest absolute Gasteiger partial charge is 0.507 e. The maximum atomic E-state index is 13.9. The van der Waals surface area contributed by atoms with E-state index in [4.69, 9.17) is 20.8 Å². The number of benzene rings is 2. The highest BCUT2D eigenvalue weighted by Crippen LogP contribution is 2.44. The average molecular weight is 456 g/mol. The molecule has 0 radical (unpaired) electrons. The molecule has 1 saturated heterocycles. The molecule has 2 heterocycles. The van der Waals surface area contributed by atoms with Crippen LogP contribution >= 0.6 is 11.6 Å². The third kappa shape index (κ3) is 3.54. The van der Waals surface area contributed by atoms with Crippen molar-refractivity contribution in [1.29, 1.82) is 0 Å². The number of nitrogens with zero attached hydrogens (tertiary/aromatic N) is 1. The molecular formula is C24H19ClFNO5. The van der Waals surface area contributed by atoms with Crippen molar-refractivity contribution in [2.24, 2.45) is 0 Å². The lowest BCUT2D eigenvalue weighted by Gasteiger charge is -2.23. The Hall–Kier alpha value is -3.58. The van der Waals surface area contributed by atoms with Crippen molar-refractivity contribution in [2.75, 3.05) is 12.0 Å². The second-order valence-corrected chi connectivity index (χ2v) is 7.83. The van der Waals surface area contributed by atoms with Gasteiger partial charge in [0.15, 0.2) is 0 Å². The molecule has 1 fully saturated rings. The molecule has 0 bridgehead atoms. The second-order valence-electron chi connectivity index (χ2n) is 7.42. The van der Waals surface area contributed by atoms with Gasteiger partial charge in [-0.25, -0.2) is 4.39 Å². The van der Waals surface area contributed by atoms with Crippen LogP contribution in [0.15, 0.2) is 58.5 Å². The molecule has 32 heavy (non-hydrogen) atoms. The molecule has 3 aromatic rings. The Morgan fingerprint density at radius 1 is 1.16 bits per heavy atom. The number of methoxy groups -OCH3 is 1. The van der Waals surface area contributed by atoms with E-state index >= 15 is 0 Å². The summed E-state index contributed by atoms with van der Waals surface area (Å²) >= 11 is 6.27. The molecular weight excluding hydrogens is 437 g/mol. The number of carbonyl (C=O) groups is 2. The Kier molecular flexibility index (Phi) is 5.52. The summed E-state index contributed by atoms with van der Waals surface area (Å²) in [5.74, 6) is -1.97. The summed E-state index contributed by atoms with van der Waals surface area (Å²) in [7, 11) is 1.38. The Morgan fingerprint density at radius 2 is 1.91 bits per heavy atom. The molecule has 0 saturated carbocycles. The predicted molar refractivity (Wildman–Crippen MR) is 117 cm³/mol. The monoisotopic (exact) mass is 455 g/mol. The molecule has 1 unspecified atom stereocenters. The lowest BCUT2D eigenvalue weighted by molar-refractivity contribution is -0.132. The Balaban J connectivity index is 2.00. The minimum absolute atomic E-state index is 0.152. The quantitative estimate of drug-likeness (QED) is 0.327. The van der Waals surface area contributed by atoms with Gasteiger partial charge in [0.25, 0.3) is 11.7 Å². The second kappa shape index (κ2) is 8.16. The first-order valence-corrected chi connectivity index (χ1v) is 10.1. The summed E-state index contributed by atoms with van der Waals surface area (Å²) in [6.07, 6.45) is 0. The van der Waals surface area contributed by atoms with Gasteiger partial charge in [0.2, 0.25) is 0 Å². The van der Waals surface area contributed by atoms with Crippen LogP contribution in [0.4, 0.5) is 10.1 Å². The van der Waals surface area contributed by atoms with Crippen LogP contribution in [-0.4, -0.2) is 23.9 Å².